The van der Waals surface area contributed by atoms with E-state index in [1.54, 1.807) is 6.20 Å². The average Bonchev–Trinajstić information content (AvgIpc) is 3.37. The van der Waals surface area contributed by atoms with Crippen molar-refractivity contribution in [2.45, 2.75) is 37.8 Å². The molecule has 2 N–H and O–H groups in total. The van der Waals surface area contributed by atoms with Gasteiger partial charge in [-0.1, -0.05) is 0 Å². The van der Waals surface area contributed by atoms with E-state index in [-0.39, 0.29) is 5.91 Å². The molecule has 1 aliphatic carbocycles. The quantitative estimate of drug-likeness (QED) is 0.840. The highest BCUT2D eigenvalue weighted by atomic mass is 32.1. The Balaban J connectivity index is 1.36. The molecule has 2 aromatic rings. The van der Waals surface area contributed by atoms with Crippen LogP contribution < -0.4 is 5.32 Å². The Morgan fingerprint density at radius 3 is 2.42 bits per heavy atom. The first-order valence-electron chi connectivity index (χ1n) is 8.62. The molecule has 2 heterocycles. The minimum Gasteiger partial charge on any atom is -0.349 e. The van der Waals surface area contributed by atoms with Gasteiger partial charge in [0.25, 0.3) is 5.91 Å². The smallest absolute Gasteiger partial charge is 0.251 e. The lowest BCUT2D eigenvalue weighted by molar-refractivity contribution is 0.0909. The molecule has 126 valence electrons. The Kier molecular flexibility index (Phi) is 4.24. The zero-order valence-electron chi connectivity index (χ0n) is 13.6. The van der Waals surface area contributed by atoms with Crippen LogP contribution in [0.5, 0.6) is 0 Å². The zero-order chi connectivity index (χ0) is 16.5. The molecule has 0 radical (unpaired) electrons. The molecule has 0 unspecified atom stereocenters. The molecule has 0 bridgehead atoms. The SMILES string of the molecule is O=C(NC1CCN(C2CC2)CC1)c1ccc(-n2cc[nH]c2=S)cc1. The van der Waals surface area contributed by atoms with Crippen molar-refractivity contribution in [2.75, 3.05) is 13.1 Å². The first-order valence-corrected chi connectivity index (χ1v) is 9.03. The van der Waals surface area contributed by atoms with E-state index in [4.69, 9.17) is 12.2 Å². The van der Waals surface area contributed by atoms with E-state index >= 15 is 0 Å². The predicted molar refractivity (Wildman–Crippen MR) is 96.0 cm³/mol. The summed E-state index contributed by atoms with van der Waals surface area (Å²) in [4.78, 5) is 18.0. The lowest BCUT2D eigenvalue weighted by Gasteiger charge is -2.32. The fourth-order valence-corrected chi connectivity index (χ4v) is 3.65. The Morgan fingerprint density at radius 1 is 1.12 bits per heavy atom. The second kappa shape index (κ2) is 6.53. The average molecular weight is 342 g/mol. The molecule has 1 aliphatic heterocycles. The molecule has 24 heavy (non-hydrogen) atoms. The molecular formula is C18H22N4OS. The Hall–Kier alpha value is -1.92. The number of likely N-dealkylation sites (tertiary alicyclic amines) is 1. The number of rotatable bonds is 4. The second-order valence-corrected chi connectivity index (χ2v) is 7.08. The number of imidazole rings is 1. The molecule has 5 nitrogen and oxygen atoms in total. The highest BCUT2D eigenvalue weighted by Gasteiger charge is 2.32. The molecule has 0 spiro atoms. The van der Waals surface area contributed by atoms with E-state index in [0.717, 1.165) is 37.7 Å². The zero-order valence-corrected chi connectivity index (χ0v) is 14.4. The minimum atomic E-state index is 0.0177. The van der Waals surface area contributed by atoms with Gasteiger partial charge in [0.05, 0.1) is 0 Å². The topological polar surface area (TPSA) is 53.1 Å². The summed E-state index contributed by atoms with van der Waals surface area (Å²) in [5, 5.41) is 3.18. The molecule has 1 aromatic carbocycles. The fourth-order valence-electron chi connectivity index (χ4n) is 3.41. The highest BCUT2D eigenvalue weighted by molar-refractivity contribution is 7.71. The number of amides is 1. The lowest BCUT2D eigenvalue weighted by Crippen LogP contribution is -2.45. The Bertz CT molecular complexity index is 767. The van der Waals surface area contributed by atoms with Crippen LogP contribution in [0.3, 0.4) is 0 Å². The van der Waals surface area contributed by atoms with Crippen LogP contribution in [0.25, 0.3) is 5.69 Å². The molecular weight excluding hydrogens is 320 g/mol. The molecule has 0 atom stereocenters. The van der Waals surface area contributed by atoms with Crippen molar-refractivity contribution in [3.8, 4) is 5.69 Å². The number of piperidine rings is 1. The summed E-state index contributed by atoms with van der Waals surface area (Å²) in [5.41, 5.74) is 1.65. The van der Waals surface area contributed by atoms with Gasteiger partial charge in [-0.2, -0.15) is 0 Å². The number of hydrogen-bond donors (Lipinski definition) is 2. The second-order valence-electron chi connectivity index (χ2n) is 6.70. The summed E-state index contributed by atoms with van der Waals surface area (Å²) in [6, 6.07) is 8.69. The lowest BCUT2D eigenvalue weighted by atomic mass is 10.0. The minimum absolute atomic E-state index is 0.0177. The number of aromatic amines is 1. The fraction of sp³-hybridized carbons (Fsp3) is 0.444. The van der Waals surface area contributed by atoms with Crippen LogP contribution >= 0.6 is 12.2 Å². The number of benzene rings is 1. The van der Waals surface area contributed by atoms with Crippen molar-refractivity contribution in [1.29, 1.82) is 0 Å². The van der Waals surface area contributed by atoms with E-state index in [0.29, 0.717) is 16.4 Å². The van der Waals surface area contributed by atoms with Crippen molar-refractivity contribution >= 4 is 18.1 Å². The summed E-state index contributed by atoms with van der Waals surface area (Å²) >= 11 is 5.22. The van der Waals surface area contributed by atoms with Gasteiger partial charge in [0.2, 0.25) is 0 Å². The van der Waals surface area contributed by atoms with Gasteiger partial charge in [-0.25, -0.2) is 0 Å². The molecule has 1 saturated carbocycles. The van der Waals surface area contributed by atoms with Crippen LogP contribution in [0.4, 0.5) is 0 Å². The summed E-state index contributed by atoms with van der Waals surface area (Å²) in [6.07, 6.45) is 8.50. The van der Waals surface area contributed by atoms with Crippen LogP contribution in [0.15, 0.2) is 36.7 Å². The standard InChI is InChI=1S/C18H22N4OS/c23-17(20-14-7-10-21(11-8-14)15-5-6-15)13-1-3-16(4-2-13)22-12-9-19-18(22)24/h1-4,9,12,14-15H,5-8,10-11H2,(H,19,24)(H,20,23). The third-order valence-electron chi connectivity index (χ3n) is 4.98. The summed E-state index contributed by atoms with van der Waals surface area (Å²) in [7, 11) is 0. The third-order valence-corrected chi connectivity index (χ3v) is 5.30. The van der Waals surface area contributed by atoms with Gasteiger partial charge >= 0.3 is 0 Å². The largest absolute Gasteiger partial charge is 0.349 e. The first-order chi connectivity index (χ1) is 11.7. The molecule has 2 fully saturated rings. The number of nitrogens with one attached hydrogen (secondary N) is 2. The van der Waals surface area contributed by atoms with E-state index in [9.17, 15) is 4.79 Å². The van der Waals surface area contributed by atoms with Crippen molar-refractivity contribution in [3.05, 3.63) is 47.0 Å². The summed E-state index contributed by atoms with van der Waals surface area (Å²) in [6.45, 7) is 2.22. The van der Waals surface area contributed by atoms with E-state index < -0.39 is 0 Å². The van der Waals surface area contributed by atoms with Gasteiger partial charge in [0.1, 0.15) is 0 Å². The first kappa shape index (κ1) is 15.6. The Morgan fingerprint density at radius 2 is 1.83 bits per heavy atom. The van der Waals surface area contributed by atoms with Crippen molar-refractivity contribution in [2.24, 2.45) is 0 Å². The van der Waals surface area contributed by atoms with Crippen molar-refractivity contribution in [3.63, 3.8) is 0 Å². The van der Waals surface area contributed by atoms with Crippen LogP contribution in [0.1, 0.15) is 36.0 Å². The number of nitrogens with zero attached hydrogens (tertiary/aromatic N) is 2. The molecule has 1 aromatic heterocycles. The van der Waals surface area contributed by atoms with Gasteiger partial charge in [-0.05, 0) is 62.2 Å². The van der Waals surface area contributed by atoms with E-state index in [1.165, 1.54) is 12.8 Å². The normalized spacial score (nSPS) is 19.3. The van der Waals surface area contributed by atoms with Crippen molar-refractivity contribution in [1.82, 2.24) is 19.8 Å². The monoisotopic (exact) mass is 342 g/mol. The maximum absolute atomic E-state index is 12.4. The number of hydrogen-bond acceptors (Lipinski definition) is 3. The van der Waals surface area contributed by atoms with Gasteiger partial charge in [0, 0.05) is 48.8 Å². The number of aromatic nitrogens is 2. The molecule has 2 aliphatic rings. The van der Waals surface area contributed by atoms with Gasteiger partial charge < -0.3 is 15.2 Å². The number of carbonyl (C=O) groups excluding carboxylic acids is 1. The van der Waals surface area contributed by atoms with Crippen molar-refractivity contribution < 1.29 is 4.79 Å². The van der Waals surface area contributed by atoms with Crippen LogP contribution in [-0.2, 0) is 0 Å². The Labute approximate surface area is 146 Å². The van der Waals surface area contributed by atoms with E-state index in [2.05, 4.69) is 15.2 Å². The molecule has 4 rings (SSSR count). The highest BCUT2D eigenvalue weighted by Crippen LogP contribution is 2.29. The van der Waals surface area contributed by atoms with Crippen LogP contribution in [-0.4, -0.2) is 45.5 Å². The van der Waals surface area contributed by atoms with Gasteiger partial charge in [-0.15, -0.1) is 0 Å². The summed E-state index contributed by atoms with van der Waals surface area (Å²) in [5.74, 6) is 0.0177. The van der Waals surface area contributed by atoms with Crippen LogP contribution in [0.2, 0.25) is 0 Å². The maximum Gasteiger partial charge on any atom is 0.251 e. The summed E-state index contributed by atoms with van der Waals surface area (Å²) < 4.78 is 2.53. The van der Waals surface area contributed by atoms with Gasteiger partial charge in [0.15, 0.2) is 4.77 Å². The molecule has 1 saturated heterocycles. The maximum atomic E-state index is 12.4. The van der Waals surface area contributed by atoms with Gasteiger partial charge in [-0.3, -0.25) is 9.36 Å². The third kappa shape index (κ3) is 3.30. The van der Waals surface area contributed by atoms with Crippen LogP contribution in [0, 0.1) is 4.77 Å². The predicted octanol–water partition coefficient (Wildman–Crippen LogP) is 2.89. The van der Waals surface area contributed by atoms with E-state index in [1.807, 2.05) is 35.0 Å². The number of carbonyl (C=O) groups is 1. The number of H-pyrrole nitrogens is 1. The molecule has 1 amide bonds. The molecule has 6 heteroatoms.